The highest BCUT2D eigenvalue weighted by molar-refractivity contribution is 6.19. The number of allylic oxidation sites excluding steroid dienone is 1. The first-order valence-corrected chi connectivity index (χ1v) is 7.47. The van der Waals surface area contributed by atoms with Gasteiger partial charge in [0.15, 0.2) is 5.78 Å². The van der Waals surface area contributed by atoms with Gasteiger partial charge in [0.2, 0.25) is 0 Å². The summed E-state index contributed by atoms with van der Waals surface area (Å²) < 4.78 is 0. The molecule has 106 valence electrons. The third-order valence-electron chi connectivity index (χ3n) is 4.82. The van der Waals surface area contributed by atoms with Crippen LogP contribution < -0.4 is 0 Å². The summed E-state index contributed by atoms with van der Waals surface area (Å²) in [4.78, 5) is 26.7. The van der Waals surface area contributed by atoms with Gasteiger partial charge in [0.25, 0.3) is 5.91 Å². The fraction of sp³-hybridized carbons (Fsp3) is 0.750. The van der Waals surface area contributed by atoms with Crippen LogP contribution in [-0.4, -0.2) is 28.7 Å². The zero-order valence-electron chi connectivity index (χ0n) is 12.5. The number of amides is 1. The molecule has 19 heavy (non-hydrogen) atoms. The number of carbonyl (C=O) groups is 2. The van der Waals surface area contributed by atoms with E-state index in [2.05, 4.69) is 13.8 Å². The molecule has 0 N–H and O–H groups in total. The van der Waals surface area contributed by atoms with E-state index in [1.165, 1.54) is 19.8 Å². The van der Waals surface area contributed by atoms with Crippen molar-refractivity contribution >= 4 is 11.7 Å². The van der Waals surface area contributed by atoms with Crippen LogP contribution in [0.2, 0.25) is 0 Å². The third-order valence-corrected chi connectivity index (χ3v) is 4.82. The van der Waals surface area contributed by atoms with E-state index < -0.39 is 0 Å². The first-order chi connectivity index (χ1) is 8.93. The number of carbonyl (C=O) groups excluding carboxylic acids is 2. The van der Waals surface area contributed by atoms with Crippen molar-refractivity contribution in [3.8, 4) is 0 Å². The fourth-order valence-electron chi connectivity index (χ4n) is 3.68. The Hall–Kier alpha value is -1.12. The van der Waals surface area contributed by atoms with Gasteiger partial charge in [-0.1, -0.05) is 25.3 Å². The van der Waals surface area contributed by atoms with Gasteiger partial charge in [-0.15, -0.1) is 0 Å². The van der Waals surface area contributed by atoms with Crippen LogP contribution >= 0.6 is 0 Å². The third kappa shape index (κ3) is 2.60. The molecule has 2 aliphatic rings. The van der Waals surface area contributed by atoms with Crippen molar-refractivity contribution in [3.05, 3.63) is 11.1 Å². The van der Waals surface area contributed by atoms with E-state index >= 15 is 0 Å². The van der Waals surface area contributed by atoms with Crippen molar-refractivity contribution in [3.63, 3.8) is 0 Å². The van der Waals surface area contributed by atoms with E-state index in [-0.39, 0.29) is 17.7 Å². The van der Waals surface area contributed by atoms with Crippen molar-refractivity contribution in [1.82, 2.24) is 4.90 Å². The Kier molecular flexibility index (Phi) is 4.12. The van der Waals surface area contributed by atoms with Crippen LogP contribution in [0.1, 0.15) is 59.8 Å². The highest BCUT2D eigenvalue weighted by Gasteiger charge is 2.37. The molecule has 0 bridgehead atoms. The van der Waals surface area contributed by atoms with E-state index in [1.807, 2.05) is 11.8 Å². The highest BCUT2D eigenvalue weighted by Crippen LogP contribution is 2.33. The van der Waals surface area contributed by atoms with Crippen LogP contribution in [0.25, 0.3) is 0 Å². The van der Waals surface area contributed by atoms with Crippen LogP contribution in [-0.2, 0) is 9.59 Å². The van der Waals surface area contributed by atoms with Crippen LogP contribution in [0.15, 0.2) is 11.1 Å². The molecule has 1 fully saturated rings. The fourth-order valence-corrected chi connectivity index (χ4v) is 3.68. The van der Waals surface area contributed by atoms with Gasteiger partial charge in [-0.2, -0.15) is 0 Å². The Morgan fingerprint density at radius 1 is 1.21 bits per heavy atom. The van der Waals surface area contributed by atoms with Gasteiger partial charge in [-0.05, 0) is 46.0 Å². The summed E-state index contributed by atoms with van der Waals surface area (Å²) in [5.74, 6) is 0.212. The quantitative estimate of drug-likeness (QED) is 0.718. The topological polar surface area (TPSA) is 37.4 Å². The molecule has 0 saturated heterocycles. The van der Waals surface area contributed by atoms with Crippen molar-refractivity contribution < 1.29 is 9.59 Å². The number of rotatable bonds is 2. The van der Waals surface area contributed by atoms with Gasteiger partial charge in [0, 0.05) is 12.1 Å². The molecule has 0 aromatic heterocycles. The molecule has 2 atom stereocenters. The first kappa shape index (κ1) is 14.3. The maximum absolute atomic E-state index is 12.8. The van der Waals surface area contributed by atoms with Crippen molar-refractivity contribution in [2.24, 2.45) is 5.92 Å². The van der Waals surface area contributed by atoms with Crippen LogP contribution in [0.4, 0.5) is 0 Å². The molecule has 1 aliphatic carbocycles. The molecule has 0 aromatic carbocycles. The summed E-state index contributed by atoms with van der Waals surface area (Å²) in [6.07, 6.45) is 5.55. The van der Waals surface area contributed by atoms with Gasteiger partial charge < -0.3 is 4.90 Å². The molecule has 0 radical (unpaired) electrons. The number of nitrogens with zero attached hydrogens (tertiary/aromatic N) is 1. The Morgan fingerprint density at radius 3 is 2.32 bits per heavy atom. The number of hydrogen-bond donors (Lipinski definition) is 0. The SMILES string of the molecule is CC(=O)C1=C(C)C(C)CC(C)N(C2CCCC2)C1=O. The zero-order chi connectivity index (χ0) is 14.2. The van der Waals surface area contributed by atoms with Gasteiger partial charge in [-0.3, -0.25) is 9.59 Å². The highest BCUT2D eigenvalue weighted by atomic mass is 16.2. The summed E-state index contributed by atoms with van der Waals surface area (Å²) in [6, 6.07) is 0.576. The summed E-state index contributed by atoms with van der Waals surface area (Å²) in [5.41, 5.74) is 1.42. The predicted octanol–water partition coefficient (Wildman–Crippen LogP) is 3.09. The molecular weight excluding hydrogens is 238 g/mol. The molecular formula is C16H25NO2. The van der Waals surface area contributed by atoms with E-state index in [9.17, 15) is 9.59 Å². The van der Waals surface area contributed by atoms with Gasteiger partial charge in [0.1, 0.15) is 0 Å². The minimum atomic E-state index is -0.0774. The average molecular weight is 263 g/mol. The molecule has 0 spiro atoms. The molecule has 3 heteroatoms. The molecule has 1 aliphatic heterocycles. The molecule has 1 amide bonds. The van der Waals surface area contributed by atoms with E-state index in [1.54, 1.807) is 0 Å². The zero-order valence-corrected chi connectivity index (χ0v) is 12.5. The van der Waals surface area contributed by atoms with Crippen LogP contribution in [0, 0.1) is 5.92 Å². The van der Waals surface area contributed by atoms with Crippen molar-refractivity contribution in [1.29, 1.82) is 0 Å². The normalized spacial score (nSPS) is 29.9. The van der Waals surface area contributed by atoms with Gasteiger partial charge in [-0.25, -0.2) is 0 Å². The van der Waals surface area contributed by atoms with E-state index in [0.717, 1.165) is 24.8 Å². The number of Topliss-reactive ketones (excluding diaryl/α,β-unsaturated/α-hetero) is 1. The van der Waals surface area contributed by atoms with E-state index in [4.69, 9.17) is 0 Å². The maximum atomic E-state index is 12.8. The number of ketones is 1. The lowest BCUT2D eigenvalue weighted by Crippen LogP contribution is -2.45. The Morgan fingerprint density at radius 2 is 1.79 bits per heavy atom. The summed E-state index contributed by atoms with van der Waals surface area (Å²) >= 11 is 0. The Labute approximate surface area is 116 Å². The molecule has 2 rings (SSSR count). The standard InChI is InChI=1S/C16H25NO2/c1-10-9-11(2)17(14-7-5-6-8-14)16(19)15(12(10)3)13(4)18/h10-11,14H,5-9H2,1-4H3. The molecule has 0 aromatic rings. The summed E-state index contributed by atoms with van der Waals surface area (Å²) in [7, 11) is 0. The van der Waals surface area contributed by atoms with Gasteiger partial charge in [0.05, 0.1) is 5.57 Å². The second-order valence-electron chi connectivity index (χ2n) is 6.25. The Bertz CT molecular complexity index is 418. The Balaban J connectivity index is 2.39. The minimum absolute atomic E-state index is 0.0197. The molecule has 3 nitrogen and oxygen atoms in total. The summed E-state index contributed by atoms with van der Waals surface area (Å²) in [6.45, 7) is 7.72. The number of hydrogen-bond acceptors (Lipinski definition) is 2. The molecule has 2 unspecified atom stereocenters. The lowest BCUT2D eigenvalue weighted by atomic mass is 9.92. The first-order valence-electron chi connectivity index (χ1n) is 7.47. The lowest BCUT2D eigenvalue weighted by Gasteiger charge is -2.34. The van der Waals surface area contributed by atoms with Crippen molar-refractivity contribution in [2.45, 2.75) is 71.9 Å². The monoisotopic (exact) mass is 263 g/mol. The largest absolute Gasteiger partial charge is 0.333 e. The van der Waals surface area contributed by atoms with Crippen LogP contribution in [0.3, 0.4) is 0 Å². The van der Waals surface area contributed by atoms with Crippen LogP contribution in [0.5, 0.6) is 0 Å². The van der Waals surface area contributed by atoms with E-state index in [0.29, 0.717) is 17.5 Å². The lowest BCUT2D eigenvalue weighted by molar-refractivity contribution is -0.133. The summed E-state index contributed by atoms with van der Waals surface area (Å²) in [5, 5.41) is 0. The predicted molar refractivity (Wildman–Crippen MR) is 75.7 cm³/mol. The second kappa shape index (κ2) is 5.48. The second-order valence-corrected chi connectivity index (χ2v) is 6.25. The maximum Gasteiger partial charge on any atom is 0.257 e. The minimum Gasteiger partial charge on any atom is -0.333 e. The average Bonchev–Trinajstić information content (AvgIpc) is 2.79. The molecule has 1 heterocycles. The van der Waals surface area contributed by atoms with Gasteiger partial charge >= 0.3 is 0 Å². The smallest absolute Gasteiger partial charge is 0.257 e. The molecule has 1 saturated carbocycles. The van der Waals surface area contributed by atoms with Crippen molar-refractivity contribution in [2.75, 3.05) is 0 Å².